The number of hydrogen-bond acceptors (Lipinski definition) is 5. The van der Waals surface area contributed by atoms with E-state index in [1.165, 1.54) is 0 Å². The molecule has 1 N–H and O–H groups in total. The zero-order chi connectivity index (χ0) is 12.9. The van der Waals surface area contributed by atoms with Crippen molar-refractivity contribution in [3.05, 3.63) is 54.6 Å². The predicted molar refractivity (Wildman–Crippen MR) is 73.8 cm³/mol. The molecule has 0 radical (unpaired) electrons. The Bertz CT molecular complexity index is 669. The summed E-state index contributed by atoms with van der Waals surface area (Å²) >= 11 is 0. The molecule has 3 aromatic heterocycles. The molecule has 3 aromatic rings. The van der Waals surface area contributed by atoms with Gasteiger partial charge in [-0.2, -0.15) is 0 Å². The number of nitrogens with zero attached hydrogens (tertiary/aromatic N) is 4. The van der Waals surface area contributed by atoms with Crippen molar-refractivity contribution in [1.29, 1.82) is 0 Å². The number of pyridine rings is 2. The van der Waals surface area contributed by atoms with Crippen molar-refractivity contribution >= 4 is 17.0 Å². The van der Waals surface area contributed by atoms with Crippen LogP contribution in [0.1, 0.15) is 5.69 Å². The Hall–Kier alpha value is -2.56. The number of fused-ring (bicyclic) bond motifs is 1. The number of aromatic nitrogens is 4. The van der Waals surface area contributed by atoms with E-state index >= 15 is 0 Å². The van der Waals surface area contributed by atoms with Gasteiger partial charge in [0.25, 0.3) is 0 Å². The third kappa shape index (κ3) is 2.82. The molecule has 5 heteroatoms. The van der Waals surface area contributed by atoms with E-state index in [0.717, 1.165) is 30.0 Å². The van der Waals surface area contributed by atoms with Crippen molar-refractivity contribution in [3.63, 3.8) is 0 Å². The first-order valence-corrected chi connectivity index (χ1v) is 6.13. The molecule has 0 unspecified atom stereocenters. The van der Waals surface area contributed by atoms with Gasteiger partial charge in [-0.25, -0.2) is 9.97 Å². The predicted octanol–water partition coefficient (Wildman–Crippen LogP) is 2.07. The summed E-state index contributed by atoms with van der Waals surface area (Å²) in [7, 11) is 0. The molecule has 0 aliphatic rings. The minimum absolute atomic E-state index is 0.658. The Morgan fingerprint density at radius 3 is 2.74 bits per heavy atom. The van der Waals surface area contributed by atoms with Crippen LogP contribution < -0.4 is 5.32 Å². The number of anilines is 1. The Morgan fingerprint density at radius 1 is 0.895 bits per heavy atom. The summed E-state index contributed by atoms with van der Waals surface area (Å²) in [6.07, 6.45) is 5.98. The van der Waals surface area contributed by atoms with Crippen LogP contribution in [0.3, 0.4) is 0 Å². The molecule has 0 amide bonds. The third-order valence-electron chi connectivity index (χ3n) is 2.75. The molecule has 0 atom stereocenters. The van der Waals surface area contributed by atoms with Gasteiger partial charge in [-0.3, -0.25) is 9.97 Å². The van der Waals surface area contributed by atoms with E-state index in [4.69, 9.17) is 0 Å². The van der Waals surface area contributed by atoms with Crippen molar-refractivity contribution in [2.24, 2.45) is 0 Å². The second-order valence-electron chi connectivity index (χ2n) is 4.09. The first-order valence-electron chi connectivity index (χ1n) is 6.13. The zero-order valence-electron chi connectivity index (χ0n) is 10.3. The van der Waals surface area contributed by atoms with E-state index in [9.17, 15) is 0 Å². The number of nitrogens with one attached hydrogen (secondary N) is 1. The minimum atomic E-state index is 0.658. The molecule has 0 aromatic carbocycles. The van der Waals surface area contributed by atoms with Crippen LogP contribution in [0.15, 0.2) is 48.9 Å². The van der Waals surface area contributed by atoms with E-state index < -0.39 is 0 Å². The SMILES string of the molecule is c1ccc(CCNc2ccc3nccnc3n2)nc1. The summed E-state index contributed by atoms with van der Waals surface area (Å²) in [6, 6.07) is 9.75. The monoisotopic (exact) mass is 251 g/mol. The lowest BCUT2D eigenvalue weighted by atomic mass is 10.3. The molecule has 0 saturated carbocycles. The molecule has 0 bridgehead atoms. The van der Waals surface area contributed by atoms with E-state index in [1.54, 1.807) is 18.6 Å². The summed E-state index contributed by atoms with van der Waals surface area (Å²) in [6.45, 7) is 0.787. The van der Waals surface area contributed by atoms with Crippen molar-refractivity contribution in [2.75, 3.05) is 11.9 Å². The van der Waals surface area contributed by atoms with E-state index in [2.05, 4.69) is 25.3 Å². The van der Waals surface area contributed by atoms with Crippen LogP contribution in [0.25, 0.3) is 11.2 Å². The fourth-order valence-corrected chi connectivity index (χ4v) is 1.82. The average Bonchev–Trinajstić information content (AvgIpc) is 2.48. The normalized spacial score (nSPS) is 10.5. The van der Waals surface area contributed by atoms with Crippen molar-refractivity contribution in [3.8, 4) is 0 Å². The lowest BCUT2D eigenvalue weighted by Crippen LogP contribution is -2.07. The lowest BCUT2D eigenvalue weighted by Gasteiger charge is -2.05. The summed E-state index contributed by atoms with van der Waals surface area (Å²) in [5.74, 6) is 0.809. The largest absolute Gasteiger partial charge is 0.370 e. The minimum Gasteiger partial charge on any atom is -0.370 e. The van der Waals surface area contributed by atoms with Crippen LogP contribution in [-0.4, -0.2) is 26.5 Å². The summed E-state index contributed by atoms with van der Waals surface area (Å²) in [5.41, 5.74) is 2.53. The van der Waals surface area contributed by atoms with Crippen molar-refractivity contribution in [2.45, 2.75) is 6.42 Å². The maximum absolute atomic E-state index is 4.40. The van der Waals surface area contributed by atoms with Gasteiger partial charge in [0.2, 0.25) is 0 Å². The molecule has 3 rings (SSSR count). The summed E-state index contributed by atoms with van der Waals surface area (Å²) in [4.78, 5) is 17.0. The molecule has 0 aliphatic heterocycles. The molecule has 5 nitrogen and oxygen atoms in total. The number of rotatable bonds is 4. The van der Waals surface area contributed by atoms with Crippen LogP contribution in [0.4, 0.5) is 5.82 Å². The van der Waals surface area contributed by atoms with E-state index in [0.29, 0.717) is 5.65 Å². The van der Waals surface area contributed by atoms with Gasteiger partial charge >= 0.3 is 0 Å². The Kier molecular flexibility index (Phi) is 3.27. The van der Waals surface area contributed by atoms with Gasteiger partial charge in [0.1, 0.15) is 11.3 Å². The van der Waals surface area contributed by atoms with Crippen LogP contribution >= 0.6 is 0 Å². The van der Waals surface area contributed by atoms with Gasteiger partial charge in [0, 0.05) is 37.3 Å². The molecule has 19 heavy (non-hydrogen) atoms. The second kappa shape index (κ2) is 5.39. The topological polar surface area (TPSA) is 63.6 Å². The van der Waals surface area contributed by atoms with Gasteiger partial charge in [-0.1, -0.05) is 6.07 Å². The molecule has 0 fully saturated rings. The quantitative estimate of drug-likeness (QED) is 0.769. The van der Waals surface area contributed by atoms with Crippen LogP contribution in [0.5, 0.6) is 0 Å². The molecule has 0 spiro atoms. The third-order valence-corrected chi connectivity index (χ3v) is 2.75. The molecule has 94 valence electrons. The van der Waals surface area contributed by atoms with E-state index in [1.807, 2.05) is 30.3 Å². The lowest BCUT2D eigenvalue weighted by molar-refractivity contribution is 0.955. The highest BCUT2D eigenvalue weighted by molar-refractivity contribution is 5.71. The fraction of sp³-hybridized carbons (Fsp3) is 0.143. The smallest absolute Gasteiger partial charge is 0.180 e. The van der Waals surface area contributed by atoms with Gasteiger partial charge in [0.15, 0.2) is 5.65 Å². The summed E-state index contributed by atoms with van der Waals surface area (Å²) < 4.78 is 0. The van der Waals surface area contributed by atoms with Gasteiger partial charge in [-0.15, -0.1) is 0 Å². The first kappa shape index (κ1) is 11.5. The molecule has 0 aliphatic carbocycles. The van der Waals surface area contributed by atoms with Gasteiger partial charge < -0.3 is 5.32 Å². The first-order chi connectivity index (χ1) is 9.42. The van der Waals surface area contributed by atoms with E-state index in [-0.39, 0.29) is 0 Å². The standard InChI is InChI=1S/C14H13N5/c1-2-7-15-11(3-1)6-8-17-13-5-4-12-14(19-13)18-10-9-16-12/h1-5,7,9-10H,6,8H2,(H,17,18,19). The maximum Gasteiger partial charge on any atom is 0.180 e. The fourth-order valence-electron chi connectivity index (χ4n) is 1.82. The molecule has 3 heterocycles. The highest BCUT2D eigenvalue weighted by Crippen LogP contribution is 2.10. The van der Waals surface area contributed by atoms with Crippen LogP contribution in [0, 0.1) is 0 Å². The maximum atomic E-state index is 4.40. The van der Waals surface area contributed by atoms with Gasteiger partial charge in [0.05, 0.1) is 0 Å². The highest BCUT2D eigenvalue weighted by Gasteiger charge is 1.99. The Labute approximate surface area is 110 Å². The molecular weight excluding hydrogens is 238 g/mol. The van der Waals surface area contributed by atoms with Crippen LogP contribution in [-0.2, 0) is 6.42 Å². The second-order valence-corrected chi connectivity index (χ2v) is 4.09. The summed E-state index contributed by atoms with van der Waals surface area (Å²) in [5, 5.41) is 3.27. The number of hydrogen-bond donors (Lipinski definition) is 1. The molecular formula is C14H13N5. The highest BCUT2D eigenvalue weighted by atomic mass is 15.0. The van der Waals surface area contributed by atoms with Crippen molar-refractivity contribution in [1.82, 2.24) is 19.9 Å². The molecule has 0 saturated heterocycles. The Morgan fingerprint density at radius 2 is 1.84 bits per heavy atom. The average molecular weight is 251 g/mol. The Balaban J connectivity index is 1.65. The van der Waals surface area contributed by atoms with Crippen LogP contribution in [0.2, 0.25) is 0 Å². The van der Waals surface area contributed by atoms with Gasteiger partial charge in [-0.05, 0) is 24.3 Å². The van der Waals surface area contributed by atoms with Crippen molar-refractivity contribution < 1.29 is 0 Å². The zero-order valence-corrected chi connectivity index (χ0v) is 10.3.